The fourth-order valence-electron chi connectivity index (χ4n) is 2.32. The summed E-state index contributed by atoms with van der Waals surface area (Å²) in [5.74, 6) is 0.248. The van der Waals surface area contributed by atoms with Crippen molar-refractivity contribution in [3.63, 3.8) is 0 Å². The van der Waals surface area contributed by atoms with Gasteiger partial charge in [-0.3, -0.25) is 0 Å². The van der Waals surface area contributed by atoms with E-state index in [1.165, 1.54) is 0 Å². The number of aryl methyl sites for hydroxylation is 1. The predicted molar refractivity (Wildman–Crippen MR) is 87.4 cm³/mol. The van der Waals surface area contributed by atoms with Crippen LogP contribution in [0.15, 0.2) is 53.7 Å². The number of rotatable bonds is 3. The zero-order valence-electron chi connectivity index (χ0n) is 12.2. The summed E-state index contributed by atoms with van der Waals surface area (Å²) in [6, 6.07) is 14.4. The highest BCUT2D eigenvalue weighted by Crippen LogP contribution is 2.27. The Kier molecular flexibility index (Phi) is 4.48. The maximum atomic E-state index is 12.1. The van der Waals surface area contributed by atoms with Gasteiger partial charge in [-0.1, -0.05) is 35.0 Å². The molecule has 0 saturated heterocycles. The largest absolute Gasteiger partial charge is 0.478 e. The van der Waals surface area contributed by atoms with Crippen molar-refractivity contribution < 1.29 is 14.4 Å². The van der Waals surface area contributed by atoms with Gasteiger partial charge in [-0.25, -0.2) is 4.79 Å². The third-order valence-corrected chi connectivity index (χ3v) is 3.81. The molecule has 2 N–H and O–H groups in total. The number of hydrogen-bond acceptors (Lipinski definition) is 4. The van der Waals surface area contributed by atoms with Crippen molar-refractivity contribution >= 4 is 23.4 Å². The van der Waals surface area contributed by atoms with E-state index in [1.54, 1.807) is 24.3 Å². The minimum atomic E-state index is -0.674. The van der Waals surface area contributed by atoms with Crippen LogP contribution >= 0.6 is 11.6 Å². The molecule has 1 unspecified atom stereocenters. The first-order chi connectivity index (χ1) is 11.1. The second-order valence-electron chi connectivity index (χ2n) is 5.15. The molecule has 0 aliphatic carbocycles. The number of hydrogen-bond donors (Lipinski definition) is 1. The van der Waals surface area contributed by atoms with Gasteiger partial charge in [-0.15, -0.1) is 0 Å². The van der Waals surface area contributed by atoms with Crippen LogP contribution in [-0.4, -0.2) is 17.9 Å². The summed E-state index contributed by atoms with van der Waals surface area (Å²) in [6.45, 7) is 0. The topological polar surface area (TPSA) is 73.9 Å². The lowest BCUT2D eigenvalue weighted by molar-refractivity contribution is -0.152. The molecule has 2 aromatic carbocycles. The second kappa shape index (κ2) is 6.71. The van der Waals surface area contributed by atoms with Crippen LogP contribution in [0.4, 0.5) is 0 Å². The van der Waals surface area contributed by atoms with E-state index in [9.17, 15) is 4.79 Å². The van der Waals surface area contributed by atoms with E-state index >= 15 is 0 Å². The maximum absolute atomic E-state index is 12.1. The van der Waals surface area contributed by atoms with Gasteiger partial charge in [0.25, 0.3) is 0 Å². The fraction of sp³-hybridized carbons (Fsp3) is 0.176. The molecule has 6 heteroatoms. The molecule has 2 aromatic rings. The summed E-state index contributed by atoms with van der Waals surface area (Å²) in [6.07, 6.45) is 0.630. The fourth-order valence-corrected chi connectivity index (χ4v) is 2.44. The lowest BCUT2D eigenvalue weighted by atomic mass is 10.0. The Morgan fingerprint density at radius 1 is 1.22 bits per heavy atom. The number of halogens is 1. The summed E-state index contributed by atoms with van der Waals surface area (Å²) in [5.41, 5.74) is 7.49. The van der Waals surface area contributed by atoms with E-state index in [0.29, 0.717) is 22.8 Å². The quantitative estimate of drug-likeness (QED) is 0.406. The van der Waals surface area contributed by atoms with Crippen molar-refractivity contribution in [1.82, 2.24) is 0 Å². The average Bonchev–Trinajstić information content (AvgIpc) is 2.59. The number of para-hydroxylation sites is 1. The van der Waals surface area contributed by atoms with Crippen LogP contribution in [-0.2, 0) is 16.1 Å². The Morgan fingerprint density at radius 3 is 2.74 bits per heavy atom. The zero-order valence-corrected chi connectivity index (χ0v) is 13.0. The van der Waals surface area contributed by atoms with Gasteiger partial charge < -0.3 is 15.3 Å². The third-order valence-electron chi connectivity index (χ3n) is 3.55. The van der Waals surface area contributed by atoms with Crippen molar-refractivity contribution in [2.24, 2.45) is 10.9 Å². The normalized spacial score (nSPS) is 17.1. The summed E-state index contributed by atoms with van der Waals surface area (Å²) < 4.78 is 5.65. The molecule has 0 radical (unpaired) electrons. The number of fused-ring (bicyclic) bond motifs is 1. The van der Waals surface area contributed by atoms with Crippen LogP contribution in [0.3, 0.4) is 0 Å². The smallest absolute Gasteiger partial charge is 0.375 e. The molecule has 5 nitrogen and oxygen atoms in total. The Bertz CT molecular complexity index is 744. The Morgan fingerprint density at radius 2 is 1.96 bits per heavy atom. The number of nitrogens with zero attached hydrogens (tertiary/aromatic N) is 1. The van der Waals surface area contributed by atoms with Gasteiger partial charge in [0.15, 0.2) is 11.9 Å². The minimum Gasteiger partial charge on any atom is -0.478 e. The summed E-state index contributed by atoms with van der Waals surface area (Å²) in [4.78, 5) is 17.0. The molecule has 3 rings (SSSR count). The number of ether oxygens (including phenoxy) is 1. The highest BCUT2D eigenvalue weighted by Gasteiger charge is 2.27. The van der Waals surface area contributed by atoms with Crippen LogP contribution < -0.4 is 10.5 Å². The highest BCUT2D eigenvalue weighted by atomic mass is 35.5. The van der Waals surface area contributed by atoms with Gasteiger partial charge in [0.05, 0.1) is 0 Å². The average molecular weight is 331 g/mol. The molecule has 0 aromatic heterocycles. The summed E-state index contributed by atoms with van der Waals surface area (Å²) in [5, 5.41) is 4.27. The Hall–Kier alpha value is -2.53. The number of amidine groups is 1. The predicted octanol–water partition coefficient (Wildman–Crippen LogP) is 2.90. The van der Waals surface area contributed by atoms with Crippen LogP contribution in [0.5, 0.6) is 5.75 Å². The van der Waals surface area contributed by atoms with E-state index < -0.39 is 12.1 Å². The molecule has 0 spiro atoms. The van der Waals surface area contributed by atoms with Crippen molar-refractivity contribution in [3.05, 3.63) is 64.7 Å². The number of nitrogens with two attached hydrogens (primary N) is 1. The first kappa shape index (κ1) is 15.4. The van der Waals surface area contributed by atoms with Gasteiger partial charge in [0.2, 0.25) is 0 Å². The van der Waals surface area contributed by atoms with E-state index in [0.717, 1.165) is 12.0 Å². The third kappa shape index (κ3) is 3.63. The maximum Gasteiger partial charge on any atom is 0.375 e. The molecule has 118 valence electrons. The van der Waals surface area contributed by atoms with E-state index in [2.05, 4.69) is 5.16 Å². The molecule has 1 atom stereocenters. The molecule has 1 heterocycles. The SMILES string of the molecule is N/C(=N/OC(=O)C1CCc2ccccc2O1)c1ccc(Cl)cc1. The van der Waals surface area contributed by atoms with Crippen LogP contribution in [0, 0.1) is 0 Å². The number of oxime groups is 1. The van der Waals surface area contributed by atoms with Crippen molar-refractivity contribution in [2.75, 3.05) is 0 Å². The molecule has 23 heavy (non-hydrogen) atoms. The molecule has 1 aliphatic heterocycles. The number of benzene rings is 2. The Labute approximate surface area is 138 Å². The van der Waals surface area contributed by atoms with Gasteiger partial charge in [0, 0.05) is 10.6 Å². The van der Waals surface area contributed by atoms with Crippen LogP contribution in [0.25, 0.3) is 0 Å². The molecular formula is C17H15ClN2O3. The molecular weight excluding hydrogens is 316 g/mol. The van der Waals surface area contributed by atoms with E-state index in [1.807, 2.05) is 24.3 Å². The first-order valence-electron chi connectivity index (χ1n) is 7.18. The van der Waals surface area contributed by atoms with Gasteiger partial charge in [-0.2, -0.15) is 0 Å². The van der Waals surface area contributed by atoms with Crippen molar-refractivity contribution in [2.45, 2.75) is 18.9 Å². The standard InChI is InChI=1S/C17H15ClN2O3/c18-13-8-5-12(6-9-13)16(19)20-23-17(21)15-10-7-11-3-1-2-4-14(11)22-15/h1-6,8-9,15H,7,10H2,(H2,19,20). The van der Waals surface area contributed by atoms with Gasteiger partial charge in [0.1, 0.15) is 5.75 Å². The molecule has 0 fully saturated rings. The number of carbonyl (C=O) groups excluding carboxylic acids is 1. The molecule has 0 amide bonds. The van der Waals surface area contributed by atoms with Crippen LogP contribution in [0.2, 0.25) is 5.02 Å². The first-order valence-corrected chi connectivity index (χ1v) is 7.56. The van der Waals surface area contributed by atoms with Gasteiger partial charge >= 0.3 is 5.97 Å². The van der Waals surface area contributed by atoms with Crippen LogP contribution in [0.1, 0.15) is 17.5 Å². The van der Waals surface area contributed by atoms with Crippen molar-refractivity contribution in [1.29, 1.82) is 0 Å². The highest BCUT2D eigenvalue weighted by molar-refractivity contribution is 6.30. The second-order valence-corrected chi connectivity index (χ2v) is 5.58. The monoisotopic (exact) mass is 330 g/mol. The Balaban J connectivity index is 1.63. The van der Waals surface area contributed by atoms with Gasteiger partial charge in [-0.05, 0) is 48.7 Å². The number of carbonyl (C=O) groups is 1. The van der Waals surface area contributed by atoms with Crippen molar-refractivity contribution in [3.8, 4) is 5.75 Å². The molecule has 1 aliphatic rings. The lowest BCUT2D eigenvalue weighted by Crippen LogP contribution is -2.32. The van der Waals surface area contributed by atoms with E-state index in [4.69, 9.17) is 26.9 Å². The minimum absolute atomic E-state index is 0.103. The zero-order chi connectivity index (χ0) is 16.2. The lowest BCUT2D eigenvalue weighted by Gasteiger charge is -2.23. The van der Waals surface area contributed by atoms with E-state index in [-0.39, 0.29) is 5.84 Å². The summed E-state index contributed by atoms with van der Waals surface area (Å²) in [7, 11) is 0. The molecule has 0 saturated carbocycles. The summed E-state index contributed by atoms with van der Waals surface area (Å²) >= 11 is 5.80. The molecule has 0 bridgehead atoms.